The largest absolute Gasteiger partial charge is 0.395 e. The van der Waals surface area contributed by atoms with Crippen molar-refractivity contribution in [2.75, 3.05) is 6.61 Å². The topological polar surface area (TPSA) is 44.0 Å². The number of benzene rings is 2. The summed E-state index contributed by atoms with van der Waals surface area (Å²) in [5, 5.41) is 21.0. The van der Waals surface area contributed by atoms with E-state index in [9.17, 15) is 5.11 Å². The highest BCUT2D eigenvalue weighted by Gasteiger charge is 2.56. The van der Waals surface area contributed by atoms with Crippen molar-refractivity contribution >= 4 is 10.8 Å². The lowest BCUT2D eigenvalue weighted by molar-refractivity contribution is 0.251. The van der Waals surface area contributed by atoms with Gasteiger partial charge in [-0.25, -0.2) is 0 Å². The van der Waals surface area contributed by atoms with Crippen molar-refractivity contribution in [3.63, 3.8) is 0 Å². The van der Waals surface area contributed by atoms with Gasteiger partial charge in [0.25, 0.3) is 0 Å². The van der Waals surface area contributed by atoms with Crippen LogP contribution in [0.5, 0.6) is 0 Å². The molecule has 0 spiro atoms. The molecule has 84 valence electrons. The number of rotatable bonds is 2. The molecule has 1 aliphatic carbocycles. The fraction of sp³-hybridized carbons (Fsp3) is 0.267. The van der Waals surface area contributed by atoms with Crippen LogP contribution in [-0.4, -0.2) is 11.7 Å². The van der Waals surface area contributed by atoms with E-state index in [1.54, 1.807) is 0 Å². The van der Waals surface area contributed by atoms with Crippen LogP contribution in [0.2, 0.25) is 0 Å². The molecule has 1 fully saturated rings. The summed E-state index contributed by atoms with van der Waals surface area (Å²) >= 11 is 0. The molecule has 0 saturated heterocycles. The molecule has 0 heterocycles. The molecule has 2 aromatic rings. The maximum absolute atomic E-state index is 9.62. The van der Waals surface area contributed by atoms with Crippen LogP contribution in [-0.2, 0) is 5.41 Å². The van der Waals surface area contributed by atoms with Crippen LogP contribution in [0.25, 0.3) is 10.8 Å². The normalized spacial score (nSPS) is 26.7. The zero-order chi connectivity index (χ0) is 11.9. The summed E-state index contributed by atoms with van der Waals surface area (Å²) in [7, 11) is 0. The first-order valence-electron chi connectivity index (χ1n) is 5.80. The predicted octanol–water partition coefficient (Wildman–Crippen LogP) is 2.61. The van der Waals surface area contributed by atoms with Crippen molar-refractivity contribution in [2.45, 2.75) is 11.8 Å². The summed E-state index contributed by atoms with van der Waals surface area (Å²) in [5.74, 6) is -0.0432. The summed E-state index contributed by atoms with van der Waals surface area (Å²) in [4.78, 5) is 0. The molecule has 1 N–H and O–H groups in total. The Balaban J connectivity index is 2.22. The van der Waals surface area contributed by atoms with Gasteiger partial charge in [-0.2, -0.15) is 5.26 Å². The Morgan fingerprint density at radius 1 is 1.24 bits per heavy atom. The van der Waals surface area contributed by atoms with Crippen LogP contribution >= 0.6 is 0 Å². The van der Waals surface area contributed by atoms with E-state index in [4.69, 9.17) is 5.26 Å². The molecule has 0 unspecified atom stereocenters. The van der Waals surface area contributed by atoms with Crippen molar-refractivity contribution in [2.24, 2.45) is 5.92 Å². The molecule has 2 nitrogen and oxygen atoms in total. The fourth-order valence-corrected chi connectivity index (χ4v) is 2.69. The van der Waals surface area contributed by atoms with Crippen LogP contribution < -0.4 is 0 Å². The molecule has 0 amide bonds. The van der Waals surface area contributed by atoms with Gasteiger partial charge in [-0.1, -0.05) is 42.5 Å². The molecule has 2 atom stereocenters. The number of hydrogen-bond acceptors (Lipinski definition) is 2. The minimum atomic E-state index is -0.324. The molecular formula is C15H13NO. The number of nitriles is 1. The van der Waals surface area contributed by atoms with Crippen molar-refractivity contribution in [3.8, 4) is 6.07 Å². The van der Waals surface area contributed by atoms with Crippen molar-refractivity contribution in [1.82, 2.24) is 0 Å². The SMILES string of the molecule is N#C[C@@H]1C[C@@]1(CO)c1cccc2ccccc12. The maximum atomic E-state index is 9.62. The van der Waals surface area contributed by atoms with E-state index in [2.05, 4.69) is 24.3 Å². The molecule has 2 aromatic carbocycles. The highest BCUT2D eigenvalue weighted by atomic mass is 16.3. The van der Waals surface area contributed by atoms with Crippen LogP contribution in [0, 0.1) is 17.2 Å². The molecule has 2 heteroatoms. The Morgan fingerprint density at radius 3 is 2.71 bits per heavy atom. The zero-order valence-electron chi connectivity index (χ0n) is 9.43. The molecule has 0 aromatic heterocycles. The Kier molecular flexibility index (Phi) is 2.17. The Hall–Kier alpha value is -1.85. The minimum absolute atomic E-state index is 0.0432. The van der Waals surface area contributed by atoms with E-state index >= 15 is 0 Å². The highest BCUT2D eigenvalue weighted by Crippen LogP contribution is 2.55. The third-order valence-electron chi connectivity index (χ3n) is 3.84. The Morgan fingerprint density at radius 2 is 2.00 bits per heavy atom. The number of aliphatic hydroxyl groups is 1. The lowest BCUT2D eigenvalue weighted by Gasteiger charge is -2.15. The van der Waals surface area contributed by atoms with Gasteiger partial charge >= 0.3 is 0 Å². The second-order valence-corrected chi connectivity index (χ2v) is 4.73. The van der Waals surface area contributed by atoms with Crippen LogP contribution in [0.3, 0.4) is 0 Å². The molecule has 0 radical (unpaired) electrons. The van der Waals surface area contributed by atoms with E-state index in [-0.39, 0.29) is 17.9 Å². The lowest BCUT2D eigenvalue weighted by atomic mass is 9.89. The van der Waals surface area contributed by atoms with Gasteiger partial charge in [0.15, 0.2) is 0 Å². The van der Waals surface area contributed by atoms with Crippen molar-refractivity contribution in [1.29, 1.82) is 5.26 Å². The third kappa shape index (κ3) is 1.36. The van der Waals surface area contributed by atoms with Gasteiger partial charge in [-0.15, -0.1) is 0 Å². The molecule has 0 aliphatic heterocycles. The monoisotopic (exact) mass is 223 g/mol. The van der Waals surface area contributed by atoms with Gasteiger partial charge in [0, 0.05) is 5.41 Å². The molecule has 1 saturated carbocycles. The van der Waals surface area contributed by atoms with E-state index < -0.39 is 0 Å². The molecule has 0 bridgehead atoms. The van der Waals surface area contributed by atoms with Crippen molar-refractivity contribution < 1.29 is 5.11 Å². The number of nitrogens with zero attached hydrogens (tertiary/aromatic N) is 1. The summed E-state index contributed by atoms with van der Waals surface area (Å²) < 4.78 is 0. The molecule has 3 rings (SSSR count). The lowest BCUT2D eigenvalue weighted by Crippen LogP contribution is -2.15. The molecule has 1 aliphatic rings. The summed E-state index contributed by atoms with van der Waals surface area (Å²) in [5.41, 5.74) is 0.792. The quantitative estimate of drug-likeness (QED) is 0.850. The van der Waals surface area contributed by atoms with Crippen molar-refractivity contribution in [3.05, 3.63) is 48.0 Å². The summed E-state index contributed by atoms with van der Waals surface area (Å²) in [6.07, 6.45) is 0.772. The highest BCUT2D eigenvalue weighted by molar-refractivity contribution is 5.87. The van der Waals surface area contributed by atoms with Gasteiger partial charge in [-0.05, 0) is 22.8 Å². The smallest absolute Gasteiger partial charge is 0.0666 e. The van der Waals surface area contributed by atoms with Gasteiger partial charge in [-0.3, -0.25) is 0 Å². The molecule has 17 heavy (non-hydrogen) atoms. The summed E-state index contributed by atoms with van der Waals surface area (Å²) in [6.45, 7) is 0.0548. The maximum Gasteiger partial charge on any atom is 0.0666 e. The predicted molar refractivity (Wildman–Crippen MR) is 66.4 cm³/mol. The Bertz CT molecular complexity index is 608. The number of hydrogen-bond donors (Lipinski definition) is 1. The average Bonchev–Trinajstić information content (AvgIpc) is 3.13. The molecular weight excluding hydrogens is 210 g/mol. The fourth-order valence-electron chi connectivity index (χ4n) is 2.69. The van der Waals surface area contributed by atoms with Crippen LogP contribution in [0.15, 0.2) is 42.5 Å². The first kappa shape index (κ1) is 10.3. The third-order valence-corrected chi connectivity index (χ3v) is 3.84. The van der Waals surface area contributed by atoms with Gasteiger partial charge in [0.2, 0.25) is 0 Å². The van der Waals surface area contributed by atoms with E-state index in [1.807, 2.05) is 24.3 Å². The van der Waals surface area contributed by atoms with E-state index in [0.29, 0.717) is 0 Å². The van der Waals surface area contributed by atoms with Crippen LogP contribution in [0.1, 0.15) is 12.0 Å². The van der Waals surface area contributed by atoms with E-state index in [1.165, 1.54) is 5.39 Å². The second-order valence-electron chi connectivity index (χ2n) is 4.73. The summed E-state index contributed by atoms with van der Waals surface area (Å²) in [6, 6.07) is 16.5. The van der Waals surface area contributed by atoms with Crippen LogP contribution in [0.4, 0.5) is 0 Å². The standard InChI is InChI=1S/C15H13NO/c16-9-12-8-15(12,10-17)14-7-3-5-11-4-1-2-6-13(11)14/h1-7,12,17H,8,10H2/t12-,15-/m0/s1. The second kappa shape index (κ2) is 3.58. The van der Waals surface area contributed by atoms with Gasteiger partial charge in [0.05, 0.1) is 18.6 Å². The minimum Gasteiger partial charge on any atom is -0.395 e. The average molecular weight is 223 g/mol. The Labute approximate surface area is 100 Å². The first-order chi connectivity index (χ1) is 8.31. The number of fused-ring (bicyclic) bond motifs is 1. The van der Waals surface area contributed by atoms with Gasteiger partial charge in [0.1, 0.15) is 0 Å². The first-order valence-corrected chi connectivity index (χ1v) is 5.80. The number of aliphatic hydroxyl groups excluding tert-OH is 1. The van der Waals surface area contributed by atoms with Gasteiger partial charge < -0.3 is 5.11 Å². The zero-order valence-corrected chi connectivity index (χ0v) is 9.43. The van der Waals surface area contributed by atoms with E-state index in [0.717, 1.165) is 17.4 Å².